The van der Waals surface area contributed by atoms with Crippen LogP contribution in [0.15, 0.2) is 71.7 Å². The molecule has 0 saturated heterocycles. The second-order valence-corrected chi connectivity index (χ2v) is 8.40. The Hall–Kier alpha value is -4.60. The zero-order valence-corrected chi connectivity index (χ0v) is 19.9. The number of carbonyl (C=O) groups is 3. The van der Waals surface area contributed by atoms with Gasteiger partial charge in [0.25, 0.3) is 5.91 Å². The van der Waals surface area contributed by atoms with Gasteiger partial charge in [-0.2, -0.15) is 0 Å². The van der Waals surface area contributed by atoms with Crippen molar-refractivity contribution >= 4 is 34.6 Å². The summed E-state index contributed by atoms with van der Waals surface area (Å²) < 4.78 is 0. The second kappa shape index (κ2) is 12.2. The summed E-state index contributed by atoms with van der Waals surface area (Å²) in [7, 11) is 0. The lowest BCUT2D eigenvalue weighted by molar-refractivity contribution is -0.122. The molecule has 10 heteroatoms. The number of rotatable bonds is 11. The highest BCUT2D eigenvalue weighted by atomic mass is 16.2. The Morgan fingerprint density at radius 1 is 0.861 bits per heavy atom. The first-order chi connectivity index (χ1) is 17.2. The summed E-state index contributed by atoms with van der Waals surface area (Å²) >= 11 is 0. The number of benzene rings is 3. The summed E-state index contributed by atoms with van der Waals surface area (Å²) in [6.45, 7) is 0.751. The van der Waals surface area contributed by atoms with Crippen molar-refractivity contribution in [2.24, 2.45) is 27.9 Å². The van der Waals surface area contributed by atoms with E-state index in [0.717, 1.165) is 21.9 Å². The fraction of sp³-hybridized carbons (Fsp3) is 0.231. The second-order valence-electron chi connectivity index (χ2n) is 8.40. The molecule has 3 aromatic carbocycles. The van der Waals surface area contributed by atoms with Crippen LogP contribution in [0.25, 0.3) is 10.8 Å². The van der Waals surface area contributed by atoms with E-state index in [0.29, 0.717) is 24.9 Å². The van der Waals surface area contributed by atoms with E-state index in [1.165, 1.54) is 4.90 Å². The van der Waals surface area contributed by atoms with Gasteiger partial charge in [-0.25, -0.2) is 4.79 Å². The number of hydrogen-bond donors (Lipinski definition) is 5. The fourth-order valence-corrected chi connectivity index (χ4v) is 3.90. The smallest absolute Gasteiger partial charge is 0.312 e. The van der Waals surface area contributed by atoms with E-state index in [2.05, 4.69) is 10.3 Å². The maximum atomic E-state index is 13.7. The minimum atomic E-state index is -0.866. The van der Waals surface area contributed by atoms with Crippen LogP contribution < -0.4 is 28.3 Å². The zero-order valence-electron chi connectivity index (χ0n) is 19.9. The molecular formula is C26H31N7O3. The lowest BCUT2D eigenvalue weighted by Gasteiger charge is -2.30. The molecule has 0 aliphatic carbocycles. The Labute approximate surface area is 209 Å². The molecule has 36 heavy (non-hydrogen) atoms. The minimum absolute atomic E-state index is 0.0411. The average molecular weight is 490 g/mol. The van der Waals surface area contributed by atoms with Gasteiger partial charge >= 0.3 is 6.03 Å². The highest BCUT2D eigenvalue weighted by Gasteiger charge is 2.29. The molecule has 0 spiro atoms. The molecular weight excluding hydrogens is 458 g/mol. The van der Waals surface area contributed by atoms with Crippen molar-refractivity contribution in [3.63, 3.8) is 0 Å². The van der Waals surface area contributed by atoms with E-state index in [9.17, 15) is 14.4 Å². The fourth-order valence-electron chi connectivity index (χ4n) is 3.90. The van der Waals surface area contributed by atoms with Gasteiger partial charge in [-0.15, -0.1) is 0 Å². The molecule has 0 fully saturated rings. The van der Waals surface area contributed by atoms with Gasteiger partial charge in [-0.3, -0.25) is 14.6 Å². The van der Waals surface area contributed by atoms with Crippen LogP contribution in [0.5, 0.6) is 0 Å². The maximum absolute atomic E-state index is 13.7. The lowest BCUT2D eigenvalue weighted by atomic mass is 10.0. The third-order valence-electron chi connectivity index (χ3n) is 5.73. The summed E-state index contributed by atoms with van der Waals surface area (Å²) in [6.07, 6.45) is 0.761. The number of nitrogens with two attached hydrogens (primary N) is 4. The van der Waals surface area contributed by atoms with Gasteiger partial charge in [0.2, 0.25) is 5.91 Å². The van der Waals surface area contributed by atoms with Crippen molar-refractivity contribution in [1.82, 2.24) is 10.2 Å². The number of hydrogen-bond acceptors (Lipinski definition) is 4. The van der Waals surface area contributed by atoms with Gasteiger partial charge in [0.05, 0.1) is 0 Å². The predicted octanol–water partition coefficient (Wildman–Crippen LogP) is 1.56. The van der Waals surface area contributed by atoms with E-state index < -0.39 is 18.0 Å². The zero-order chi connectivity index (χ0) is 26.1. The molecule has 0 aliphatic heterocycles. The van der Waals surface area contributed by atoms with E-state index in [1.54, 1.807) is 12.1 Å². The summed E-state index contributed by atoms with van der Waals surface area (Å²) in [5.41, 5.74) is 23.8. The SMILES string of the molecule is NC(=O)NCc1ccc(CN(C(=O)c2ccc3ccccc3c2)[C@H](CCCN=C(N)N)C(N)=O)cc1. The number of carbonyl (C=O) groups excluding carboxylic acids is 3. The number of nitrogens with one attached hydrogen (secondary N) is 1. The van der Waals surface area contributed by atoms with E-state index in [1.807, 2.05) is 54.6 Å². The summed E-state index contributed by atoms with van der Waals surface area (Å²) in [6, 6.07) is 19.0. The standard InChI is InChI=1S/C26H31N7O3/c27-23(34)22(6-3-13-31-25(28)29)33(16-18-9-7-17(8-10-18)15-32-26(30)36)24(35)21-12-11-19-4-1-2-5-20(19)14-21/h1-2,4-5,7-12,14,22H,3,6,13,15-16H2,(H2,27,34)(H4,28,29,31)(H3,30,32,36)/t22-/m1/s1. The molecule has 3 rings (SSSR count). The lowest BCUT2D eigenvalue weighted by Crippen LogP contribution is -2.47. The molecule has 0 radical (unpaired) electrons. The van der Waals surface area contributed by atoms with Gasteiger partial charge in [0, 0.05) is 25.2 Å². The Balaban J connectivity index is 1.89. The number of nitrogens with zero attached hydrogens (tertiary/aromatic N) is 2. The maximum Gasteiger partial charge on any atom is 0.312 e. The summed E-state index contributed by atoms with van der Waals surface area (Å²) in [5.74, 6) is -0.970. The van der Waals surface area contributed by atoms with Gasteiger partial charge in [-0.1, -0.05) is 54.6 Å². The molecule has 4 amide bonds. The minimum Gasteiger partial charge on any atom is -0.370 e. The largest absolute Gasteiger partial charge is 0.370 e. The van der Waals surface area contributed by atoms with Crippen LogP contribution >= 0.6 is 0 Å². The first kappa shape index (κ1) is 26.0. The van der Waals surface area contributed by atoms with Gasteiger partial charge in [-0.05, 0) is 46.9 Å². The first-order valence-corrected chi connectivity index (χ1v) is 11.5. The van der Waals surface area contributed by atoms with E-state index >= 15 is 0 Å². The molecule has 0 aromatic heterocycles. The Bertz CT molecular complexity index is 1250. The van der Waals surface area contributed by atoms with Gasteiger partial charge in [0.15, 0.2) is 5.96 Å². The highest BCUT2D eigenvalue weighted by molar-refractivity contribution is 6.00. The molecule has 1 atom stereocenters. The molecule has 0 aliphatic rings. The summed E-state index contributed by atoms with van der Waals surface area (Å²) in [4.78, 5) is 42.6. The monoisotopic (exact) mass is 489 g/mol. The highest BCUT2D eigenvalue weighted by Crippen LogP contribution is 2.21. The van der Waals surface area contributed by atoms with Crippen molar-refractivity contribution in [2.75, 3.05) is 6.54 Å². The normalized spacial score (nSPS) is 11.4. The number of amides is 4. The van der Waals surface area contributed by atoms with Crippen LogP contribution in [0.4, 0.5) is 4.79 Å². The van der Waals surface area contributed by atoms with Crippen LogP contribution in [0.3, 0.4) is 0 Å². The molecule has 3 aromatic rings. The average Bonchev–Trinajstić information content (AvgIpc) is 2.86. The third-order valence-corrected chi connectivity index (χ3v) is 5.73. The third kappa shape index (κ3) is 7.20. The molecule has 9 N–H and O–H groups in total. The van der Waals surface area contributed by atoms with Crippen LogP contribution in [0.2, 0.25) is 0 Å². The number of aliphatic imine (C=N–C) groups is 1. The van der Waals surface area contributed by atoms with E-state index in [-0.39, 0.29) is 25.0 Å². The van der Waals surface area contributed by atoms with Crippen molar-refractivity contribution in [1.29, 1.82) is 0 Å². The quantitative estimate of drug-likeness (QED) is 0.155. The van der Waals surface area contributed by atoms with Gasteiger partial charge in [0.1, 0.15) is 6.04 Å². The summed E-state index contributed by atoms with van der Waals surface area (Å²) in [5, 5.41) is 4.45. The molecule has 188 valence electrons. The number of fused-ring (bicyclic) bond motifs is 1. The van der Waals surface area contributed by atoms with Crippen LogP contribution in [-0.4, -0.2) is 41.3 Å². The van der Waals surface area contributed by atoms with Crippen molar-refractivity contribution in [3.05, 3.63) is 83.4 Å². The van der Waals surface area contributed by atoms with Crippen molar-refractivity contribution < 1.29 is 14.4 Å². The molecule has 0 bridgehead atoms. The first-order valence-electron chi connectivity index (χ1n) is 11.5. The number of urea groups is 1. The van der Waals surface area contributed by atoms with Crippen LogP contribution in [0.1, 0.15) is 34.3 Å². The molecule has 10 nitrogen and oxygen atoms in total. The predicted molar refractivity (Wildman–Crippen MR) is 140 cm³/mol. The van der Waals surface area contributed by atoms with Gasteiger partial charge < -0.3 is 33.2 Å². The Morgan fingerprint density at radius 3 is 2.17 bits per heavy atom. The van der Waals surface area contributed by atoms with Crippen molar-refractivity contribution in [3.8, 4) is 0 Å². The molecule has 0 unspecified atom stereocenters. The number of primary amides is 2. The van der Waals surface area contributed by atoms with E-state index in [4.69, 9.17) is 22.9 Å². The van der Waals surface area contributed by atoms with Crippen LogP contribution in [-0.2, 0) is 17.9 Å². The van der Waals surface area contributed by atoms with Crippen molar-refractivity contribution in [2.45, 2.75) is 32.0 Å². The van der Waals surface area contributed by atoms with Crippen LogP contribution in [0, 0.1) is 0 Å². The number of guanidine groups is 1. The Kier molecular flexibility index (Phi) is 8.82. The molecule has 0 saturated carbocycles. The Morgan fingerprint density at radius 2 is 1.53 bits per heavy atom. The topological polar surface area (TPSA) is 183 Å². The molecule has 0 heterocycles.